The van der Waals surface area contributed by atoms with E-state index in [1.807, 2.05) is 51.5 Å². The molecule has 0 fully saturated rings. The van der Waals surface area contributed by atoms with Crippen LogP contribution >= 0.6 is 7.82 Å². The van der Waals surface area contributed by atoms with Gasteiger partial charge >= 0.3 is 11.9 Å². The SMILES string of the molecule is CCCCCCCCCCCCCCCCCCCCCC(=O)O[C@H](COC(=O)CCC[C@@H](O)/C=C/C=C\C/C=C\C=C\[C@@H](O)CCCCC)COP(=O)([O-])OCC[N+](C)(C)C. The van der Waals surface area contributed by atoms with Gasteiger partial charge in [0.25, 0.3) is 7.82 Å². The summed E-state index contributed by atoms with van der Waals surface area (Å²) in [6, 6.07) is 0. The second kappa shape index (κ2) is 41.6. The van der Waals surface area contributed by atoms with Crippen LogP contribution in [-0.4, -0.2) is 92.5 Å². The third-order valence-corrected chi connectivity index (χ3v) is 11.5. The second-order valence-electron chi connectivity index (χ2n) is 17.9. The van der Waals surface area contributed by atoms with E-state index in [9.17, 15) is 29.3 Å². The summed E-state index contributed by atoms with van der Waals surface area (Å²) in [5.41, 5.74) is 0. The van der Waals surface area contributed by atoms with Crippen molar-refractivity contribution < 1.29 is 52.3 Å². The van der Waals surface area contributed by atoms with Gasteiger partial charge in [0.15, 0.2) is 6.10 Å². The Kier molecular flexibility index (Phi) is 40.2. The Balaban J connectivity index is 4.48. The van der Waals surface area contributed by atoms with E-state index < -0.39 is 44.7 Å². The molecular weight excluding hydrogens is 806 g/mol. The maximum atomic E-state index is 12.7. The van der Waals surface area contributed by atoms with Crippen LogP contribution in [0.1, 0.15) is 194 Å². The standard InChI is InChI=1S/C50H92NO10P/c1-6-8-10-11-12-13-14-15-16-17-18-19-20-21-22-23-27-30-34-40-50(55)61-48(45-60-62(56,57)59-43-42-51(3,4)5)44-58-49(54)41-35-39-47(53)38-33-29-26-24-25-28-32-37-46(52)36-31-9-7-2/h25-26,28-29,32-33,37-38,46-48,52-53H,6-24,27,30-31,34-36,39-45H2,1-5H3/b28-25-,29-26-,37-32+,38-33+/t46-,47-,48+/m0/s1. The molecule has 12 heteroatoms. The number of unbranched alkanes of at least 4 members (excludes halogenated alkanes) is 20. The molecule has 0 spiro atoms. The molecule has 0 bridgehead atoms. The fourth-order valence-corrected chi connectivity index (χ4v) is 7.36. The first kappa shape index (κ1) is 59.9. The normalized spacial score (nSPS) is 14.9. The third-order valence-electron chi connectivity index (χ3n) is 10.6. The fraction of sp³-hybridized carbons (Fsp3) is 0.800. The van der Waals surface area contributed by atoms with Crippen LogP contribution in [0.5, 0.6) is 0 Å². The zero-order valence-electron chi connectivity index (χ0n) is 40.0. The quantitative estimate of drug-likeness (QED) is 0.0199. The Morgan fingerprint density at radius 1 is 0.581 bits per heavy atom. The Morgan fingerprint density at radius 2 is 1.02 bits per heavy atom. The number of aliphatic hydroxyl groups is 2. The molecule has 0 aliphatic rings. The zero-order valence-corrected chi connectivity index (χ0v) is 40.9. The number of hydrogen-bond donors (Lipinski definition) is 2. The number of hydrogen-bond acceptors (Lipinski definition) is 10. The lowest BCUT2D eigenvalue weighted by molar-refractivity contribution is -0.870. The number of phosphoric ester groups is 1. The van der Waals surface area contributed by atoms with Gasteiger partial charge in [-0.2, -0.15) is 0 Å². The topological polar surface area (TPSA) is 152 Å². The van der Waals surface area contributed by atoms with E-state index in [0.29, 0.717) is 36.7 Å². The van der Waals surface area contributed by atoms with Crippen molar-refractivity contribution in [2.75, 3.05) is 47.5 Å². The van der Waals surface area contributed by atoms with E-state index in [0.717, 1.165) is 44.9 Å². The lowest BCUT2D eigenvalue weighted by atomic mass is 10.0. The average molecular weight is 898 g/mol. The molecule has 0 aliphatic heterocycles. The van der Waals surface area contributed by atoms with Gasteiger partial charge in [-0.25, -0.2) is 0 Å². The molecule has 2 N–H and O–H groups in total. The highest BCUT2D eigenvalue weighted by Gasteiger charge is 2.22. The number of phosphoric acid groups is 1. The van der Waals surface area contributed by atoms with Crippen LogP contribution in [0.15, 0.2) is 48.6 Å². The van der Waals surface area contributed by atoms with Crippen LogP contribution in [0.3, 0.4) is 0 Å². The van der Waals surface area contributed by atoms with Crippen molar-refractivity contribution in [3.05, 3.63) is 48.6 Å². The number of nitrogens with zero attached hydrogens (tertiary/aromatic N) is 1. The first-order chi connectivity index (χ1) is 29.8. The molecule has 1 unspecified atom stereocenters. The van der Waals surface area contributed by atoms with E-state index in [1.165, 1.54) is 96.3 Å². The molecule has 0 aromatic carbocycles. The third kappa shape index (κ3) is 44.5. The van der Waals surface area contributed by atoms with Crippen molar-refractivity contribution in [3.63, 3.8) is 0 Å². The summed E-state index contributed by atoms with van der Waals surface area (Å²) in [5.74, 6) is -1.06. The molecule has 0 saturated heterocycles. The van der Waals surface area contributed by atoms with Gasteiger partial charge in [0, 0.05) is 12.8 Å². The molecule has 0 heterocycles. The van der Waals surface area contributed by atoms with Crippen LogP contribution < -0.4 is 4.89 Å². The van der Waals surface area contributed by atoms with Gasteiger partial charge < -0.3 is 38.1 Å². The predicted molar refractivity (Wildman–Crippen MR) is 252 cm³/mol. The molecule has 0 saturated carbocycles. The summed E-state index contributed by atoms with van der Waals surface area (Å²) in [7, 11) is 1.04. The largest absolute Gasteiger partial charge is 0.756 e. The van der Waals surface area contributed by atoms with Crippen molar-refractivity contribution in [2.24, 2.45) is 0 Å². The van der Waals surface area contributed by atoms with Gasteiger partial charge in [0.05, 0.1) is 40.0 Å². The highest BCUT2D eigenvalue weighted by Crippen LogP contribution is 2.38. The molecular formula is C50H92NO10P. The molecule has 0 rings (SSSR count). The number of allylic oxidation sites excluding steroid dienone is 6. The van der Waals surface area contributed by atoms with Gasteiger partial charge in [-0.05, 0) is 32.1 Å². The van der Waals surface area contributed by atoms with E-state index in [-0.39, 0.29) is 26.1 Å². The Bertz CT molecular complexity index is 1230. The highest BCUT2D eigenvalue weighted by atomic mass is 31.2. The Hall–Kier alpha value is -2.11. The summed E-state index contributed by atoms with van der Waals surface area (Å²) in [6.45, 7) is 3.88. The van der Waals surface area contributed by atoms with Gasteiger partial charge in [0.2, 0.25) is 0 Å². The second-order valence-corrected chi connectivity index (χ2v) is 19.3. The number of likely N-dealkylation sites (N-methyl/N-ethyl adjacent to an activating group) is 1. The van der Waals surface area contributed by atoms with Crippen molar-refractivity contribution in [3.8, 4) is 0 Å². The minimum Gasteiger partial charge on any atom is -0.756 e. The molecule has 11 nitrogen and oxygen atoms in total. The number of ether oxygens (including phenoxy) is 2. The summed E-state index contributed by atoms with van der Waals surface area (Å²) < 4.78 is 33.8. The summed E-state index contributed by atoms with van der Waals surface area (Å²) in [4.78, 5) is 37.7. The van der Waals surface area contributed by atoms with Crippen molar-refractivity contribution in [1.29, 1.82) is 0 Å². The van der Waals surface area contributed by atoms with E-state index >= 15 is 0 Å². The number of rotatable bonds is 44. The van der Waals surface area contributed by atoms with Gasteiger partial charge in [-0.1, -0.05) is 197 Å². The van der Waals surface area contributed by atoms with Crippen LogP contribution in [0.2, 0.25) is 0 Å². The maximum Gasteiger partial charge on any atom is 0.306 e. The molecule has 62 heavy (non-hydrogen) atoms. The average Bonchev–Trinajstić information content (AvgIpc) is 3.21. The minimum absolute atomic E-state index is 0.0292. The lowest BCUT2D eigenvalue weighted by Crippen LogP contribution is -2.37. The van der Waals surface area contributed by atoms with Gasteiger partial charge in [-0.3, -0.25) is 14.2 Å². The molecule has 0 aromatic rings. The maximum absolute atomic E-state index is 12.7. The summed E-state index contributed by atoms with van der Waals surface area (Å²) in [6.07, 6.45) is 42.1. The van der Waals surface area contributed by atoms with Crippen LogP contribution in [0.25, 0.3) is 0 Å². The number of esters is 2. The summed E-state index contributed by atoms with van der Waals surface area (Å²) in [5, 5.41) is 20.2. The molecule has 4 atom stereocenters. The minimum atomic E-state index is -4.68. The molecule has 0 aromatic heterocycles. The van der Waals surface area contributed by atoms with Gasteiger partial charge in [-0.15, -0.1) is 0 Å². The Labute approximate surface area is 379 Å². The smallest absolute Gasteiger partial charge is 0.306 e. The van der Waals surface area contributed by atoms with E-state index in [2.05, 4.69) is 13.8 Å². The lowest BCUT2D eigenvalue weighted by Gasteiger charge is -2.28. The van der Waals surface area contributed by atoms with Crippen LogP contribution in [0.4, 0.5) is 0 Å². The molecule has 0 amide bonds. The number of carbonyl (C=O) groups excluding carboxylic acids is 2. The van der Waals surface area contributed by atoms with Crippen LogP contribution in [0, 0.1) is 0 Å². The summed E-state index contributed by atoms with van der Waals surface area (Å²) >= 11 is 0. The number of aliphatic hydroxyl groups excluding tert-OH is 2. The first-order valence-corrected chi connectivity index (χ1v) is 26.0. The highest BCUT2D eigenvalue weighted by molar-refractivity contribution is 7.45. The monoisotopic (exact) mass is 898 g/mol. The molecule has 362 valence electrons. The van der Waals surface area contributed by atoms with Crippen molar-refractivity contribution in [2.45, 2.75) is 212 Å². The number of carbonyl (C=O) groups is 2. The fourth-order valence-electron chi connectivity index (χ4n) is 6.63. The predicted octanol–water partition coefficient (Wildman–Crippen LogP) is 11.6. The van der Waals surface area contributed by atoms with Crippen LogP contribution in [-0.2, 0) is 32.7 Å². The molecule has 0 radical (unpaired) electrons. The Morgan fingerprint density at radius 3 is 1.50 bits per heavy atom. The van der Waals surface area contributed by atoms with Gasteiger partial charge in [0.1, 0.15) is 19.8 Å². The van der Waals surface area contributed by atoms with Crippen molar-refractivity contribution in [1.82, 2.24) is 0 Å². The number of quaternary nitrogens is 1. The first-order valence-electron chi connectivity index (χ1n) is 24.6. The zero-order chi connectivity index (χ0) is 46.0. The van der Waals surface area contributed by atoms with E-state index in [4.69, 9.17) is 18.5 Å². The van der Waals surface area contributed by atoms with E-state index in [1.54, 1.807) is 18.2 Å². The molecule has 0 aliphatic carbocycles. The van der Waals surface area contributed by atoms with Crippen molar-refractivity contribution >= 4 is 19.8 Å².